The van der Waals surface area contributed by atoms with E-state index >= 15 is 0 Å². The Morgan fingerprint density at radius 3 is 2.47 bits per heavy atom. The Morgan fingerprint density at radius 1 is 1.33 bits per heavy atom. The molecule has 1 aliphatic heterocycles. The van der Waals surface area contributed by atoms with Crippen LogP contribution in [-0.4, -0.2) is 47.7 Å². The van der Waals surface area contributed by atoms with E-state index in [1.807, 2.05) is 18.7 Å². The zero-order valence-electron chi connectivity index (χ0n) is 9.75. The molecule has 0 radical (unpaired) electrons. The summed E-state index contributed by atoms with van der Waals surface area (Å²) in [6.45, 7) is 5.92. The van der Waals surface area contributed by atoms with Crippen molar-refractivity contribution in [2.45, 2.75) is 38.6 Å². The molecule has 0 atom stereocenters. The van der Waals surface area contributed by atoms with Crippen molar-refractivity contribution in [1.82, 2.24) is 10.2 Å². The first kappa shape index (κ1) is 12.5. The van der Waals surface area contributed by atoms with Gasteiger partial charge in [0.15, 0.2) is 0 Å². The number of aliphatic hydroxyl groups excluding tert-OH is 1. The van der Waals surface area contributed by atoms with Gasteiger partial charge >= 0.3 is 0 Å². The lowest BCUT2D eigenvalue weighted by Crippen LogP contribution is -2.49. The summed E-state index contributed by atoms with van der Waals surface area (Å²) in [6.07, 6.45) is 3.48. The molecule has 0 aromatic heterocycles. The summed E-state index contributed by atoms with van der Waals surface area (Å²) in [5.74, 6) is 0.149. The smallest absolute Gasteiger partial charge is 0.236 e. The molecule has 0 aromatic rings. The molecule has 1 heterocycles. The van der Waals surface area contributed by atoms with Crippen molar-refractivity contribution >= 4 is 5.91 Å². The SMILES string of the molecule is CC(C)(CO)NCC(=O)N1CCCCC1. The molecule has 0 saturated carbocycles. The number of carbonyl (C=O) groups is 1. The van der Waals surface area contributed by atoms with Crippen molar-refractivity contribution in [3.05, 3.63) is 0 Å². The fraction of sp³-hybridized carbons (Fsp3) is 0.909. The van der Waals surface area contributed by atoms with Crippen LogP contribution in [-0.2, 0) is 4.79 Å². The van der Waals surface area contributed by atoms with Crippen molar-refractivity contribution < 1.29 is 9.90 Å². The highest BCUT2D eigenvalue weighted by Crippen LogP contribution is 2.08. The van der Waals surface area contributed by atoms with Crippen LogP contribution < -0.4 is 5.32 Å². The summed E-state index contributed by atoms with van der Waals surface area (Å²) in [6, 6.07) is 0. The predicted molar refractivity (Wildman–Crippen MR) is 59.6 cm³/mol. The molecule has 1 aliphatic rings. The van der Waals surface area contributed by atoms with E-state index in [0.29, 0.717) is 6.54 Å². The second-order valence-electron chi connectivity index (χ2n) is 4.84. The van der Waals surface area contributed by atoms with E-state index in [2.05, 4.69) is 5.32 Å². The molecule has 2 N–H and O–H groups in total. The average Bonchev–Trinajstić information content (AvgIpc) is 2.27. The minimum atomic E-state index is -0.370. The van der Waals surface area contributed by atoms with Crippen LogP contribution in [0.2, 0.25) is 0 Å². The third-order valence-electron chi connectivity index (χ3n) is 2.82. The Morgan fingerprint density at radius 2 is 1.93 bits per heavy atom. The van der Waals surface area contributed by atoms with Gasteiger partial charge in [-0.25, -0.2) is 0 Å². The highest BCUT2D eigenvalue weighted by molar-refractivity contribution is 5.78. The van der Waals surface area contributed by atoms with E-state index in [0.717, 1.165) is 25.9 Å². The van der Waals surface area contributed by atoms with Gasteiger partial charge in [0.2, 0.25) is 5.91 Å². The first-order valence-corrected chi connectivity index (χ1v) is 5.69. The molecule has 0 spiro atoms. The van der Waals surface area contributed by atoms with E-state index in [1.165, 1.54) is 6.42 Å². The van der Waals surface area contributed by atoms with E-state index in [4.69, 9.17) is 5.11 Å². The fourth-order valence-corrected chi connectivity index (χ4v) is 1.63. The van der Waals surface area contributed by atoms with Crippen LogP contribution in [0.3, 0.4) is 0 Å². The van der Waals surface area contributed by atoms with Gasteiger partial charge in [0.25, 0.3) is 0 Å². The van der Waals surface area contributed by atoms with Crippen LogP contribution in [0.4, 0.5) is 0 Å². The molecular weight excluding hydrogens is 192 g/mol. The summed E-state index contributed by atoms with van der Waals surface area (Å²) < 4.78 is 0. The number of likely N-dealkylation sites (tertiary alicyclic amines) is 1. The number of amides is 1. The summed E-state index contributed by atoms with van der Waals surface area (Å²) >= 11 is 0. The normalized spacial score (nSPS) is 17.9. The molecule has 0 aliphatic carbocycles. The highest BCUT2D eigenvalue weighted by atomic mass is 16.3. The third kappa shape index (κ3) is 4.18. The molecule has 1 rings (SSSR count). The van der Waals surface area contributed by atoms with Gasteiger partial charge in [-0.05, 0) is 33.1 Å². The van der Waals surface area contributed by atoms with Gasteiger partial charge in [-0.1, -0.05) is 0 Å². The van der Waals surface area contributed by atoms with Gasteiger partial charge in [-0.15, -0.1) is 0 Å². The van der Waals surface area contributed by atoms with Crippen LogP contribution in [0.15, 0.2) is 0 Å². The second kappa shape index (κ2) is 5.47. The van der Waals surface area contributed by atoms with Crippen molar-refractivity contribution in [2.24, 2.45) is 0 Å². The fourth-order valence-electron chi connectivity index (χ4n) is 1.63. The molecule has 4 nitrogen and oxygen atoms in total. The molecule has 0 bridgehead atoms. The van der Waals surface area contributed by atoms with Crippen LogP contribution in [0.5, 0.6) is 0 Å². The molecule has 4 heteroatoms. The number of aliphatic hydroxyl groups is 1. The van der Waals surface area contributed by atoms with E-state index in [9.17, 15) is 4.79 Å². The van der Waals surface area contributed by atoms with E-state index < -0.39 is 0 Å². The zero-order valence-corrected chi connectivity index (χ0v) is 9.75. The summed E-state index contributed by atoms with van der Waals surface area (Å²) in [5, 5.41) is 12.1. The van der Waals surface area contributed by atoms with Gasteiger partial charge in [0.05, 0.1) is 13.2 Å². The molecule has 1 saturated heterocycles. The number of hydrogen-bond acceptors (Lipinski definition) is 3. The summed E-state index contributed by atoms with van der Waals surface area (Å²) in [4.78, 5) is 13.6. The lowest BCUT2D eigenvalue weighted by atomic mass is 10.1. The monoisotopic (exact) mass is 214 g/mol. The Balaban J connectivity index is 2.28. The van der Waals surface area contributed by atoms with E-state index in [-0.39, 0.29) is 18.1 Å². The summed E-state index contributed by atoms with van der Waals surface area (Å²) in [7, 11) is 0. The quantitative estimate of drug-likeness (QED) is 0.710. The highest BCUT2D eigenvalue weighted by Gasteiger charge is 2.20. The molecule has 88 valence electrons. The average molecular weight is 214 g/mol. The number of rotatable bonds is 4. The van der Waals surface area contributed by atoms with Gasteiger partial charge in [0, 0.05) is 18.6 Å². The van der Waals surface area contributed by atoms with E-state index in [1.54, 1.807) is 0 Å². The topological polar surface area (TPSA) is 52.6 Å². The molecule has 0 aromatic carbocycles. The van der Waals surface area contributed by atoms with Gasteiger partial charge in [0.1, 0.15) is 0 Å². The van der Waals surface area contributed by atoms with Crippen molar-refractivity contribution in [1.29, 1.82) is 0 Å². The molecule has 0 unspecified atom stereocenters. The van der Waals surface area contributed by atoms with Crippen molar-refractivity contribution in [2.75, 3.05) is 26.2 Å². The minimum absolute atomic E-state index is 0.0419. The maximum Gasteiger partial charge on any atom is 0.236 e. The molecular formula is C11H22N2O2. The van der Waals surface area contributed by atoms with Gasteiger partial charge < -0.3 is 15.3 Å². The number of carbonyl (C=O) groups excluding carboxylic acids is 1. The van der Waals surface area contributed by atoms with Crippen LogP contribution in [0.1, 0.15) is 33.1 Å². The van der Waals surface area contributed by atoms with Crippen LogP contribution in [0.25, 0.3) is 0 Å². The van der Waals surface area contributed by atoms with Crippen molar-refractivity contribution in [3.8, 4) is 0 Å². The maximum absolute atomic E-state index is 11.7. The van der Waals surface area contributed by atoms with Crippen LogP contribution in [0, 0.1) is 0 Å². The Labute approximate surface area is 91.6 Å². The lowest BCUT2D eigenvalue weighted by Gasteiger charge is -2.29. The summed E-state index contributed by atoms with van der Waals surface area (Å²) in [5.41, 5.74) is -0.370. The lowest BCUT2D eigenvalue weighted by molar-refractivity contribution is -0.131. The maximum atomic E-state index is 11.7. The first-order valence-electron chi connectivity index (χ1n) is 5.69. The Hall–Kier alpha value is -0.610. The predicted octanol–water partition coefficient (Wildman–Crippen LogP) is 0.359. The van der Waals surface area contributed by atoms with Crippen LogP contribution >= 0.6 is 0 Å². The Bertz CT molecular complexity index is 211. The molecule has 1 amide bonds. The number of hydrogen-bond donors (Lipinski definition) is 2. The van der Waals surface area contributed by atoms with Gasteiger partial charge in [-0.3, -0.25) is 4.79 Å². The molecule has 1 fully saturated rings. The Kier molecular flexibility index (Phi) is 4.54. The largest absolute Gasteiger partial charge is 0.394 e. The van der Waals surface area contributed by atoms with Gasteiger partial charge in [-0.2, -0.15) is 0 Å². The third-order valence-corrected chi connectivity index (χ3v) is 2.82. The zero-order chi connectivity index (χ0) is 11.3. The number of piperidine rings is 1. The minimum Gasteiger partial charge on any atom is -0.394 e. The second-order valence-corrected chi connectivity index (χ2v) is 4.84. The standard InChI is InChI=1S/C11H22N2O2/c1-11(2,9-14)12-8-10(15)13-6-4-3-5-7-13/h12,14H,3-9H2,1-2H3. The first-order chi connectivity index (χ1) is 7.05. The number of nitrogens with one attached hydrogen (secondary N) is 1. The van der Waals surface area contributed by atoms with Crippen molar-refractivity contribution in [3.63, 3.8) is 0 Å². The molecule has 15 heavy (non-hydrogen) atoms. The number of nitrogens with zero attached hydrogens (tertiary/aromatic N) is 1.